The molecule has 5 nitrogen and oxygen atoms in total. The molecule has 0 fully saturated rings. The van der Waals surface area contributed by atoms with Gasteiger partial charge in [0, 0.05) is 6.20 Å². The Morgan fingerprint density at radius 1 is 1.37 bits per heavy atom. The lowest BCUT2D eigenvalue weighted by molar-refractivity contribution is -0.138. The van der Waals surface area contributed by atoms with Crippen molar-refractivity contribution in [3.63, 3.8) is 0 Å². The number of amides is 1. The van der Waals surface area contributed by atoms with Crippen molar-refractivity contribution >= 4 is 11.9 Å². The largest absolute Gasteiger partial charge is 0.481 e. The molecule has 19 heavy (non-hydrogen) atoms. The smallest absolute Gasteiger partial charge is 0.305 e. The van der Waals surface area contributed by atoms with Crippen LogP contribution in [0.4, 0.5) is 4.39 Å². The summed E-state index contributed by atoms with van der Waals surface area (Å²) in [5, 5.41) is 11.6. The molecule has 0 bridgehead atoms. The number of halogens is 1. The van der Waals surface area contributed by atoms with E-state index in [1.165, 1.54) is 6.20 Å². The second kappa shape index (κ2) is 6.26. The Hall–Kier alpha value is -1.98. The van der Waals surface area contributed by atoms with E-state index in [0.29, 0.717) is 12.8 Å². The molecule has 6 heteroatoms. The zero-order chi connectivity index (χ0) is 14.5. The topological polar surface area (TPSA) is 79.3 Å². The number of carbonyl (C=O) groups is 2. The molecule has 0 aliphatic carbocycles. The third kappa shape index (κ3) is 4.01. The minimum atomic E-state index is -0.985. The number of hydrogen-bond donors (Lipinski definition) is 2. The molecule has 104 valence electrons. The molecule has 0 saturated carbocycles. The Bertz CT molecular complexity index is 473. The minimum absolute atomic E-state index is 0.0802. The summed E-state index contributed by atoms with van der Waals surface area (Å²) >= 11 is 0. The van der Waals surface area contributed by atoms with Crippen LogP contribution >= 0.6 is 0 Å². The van der Waals surface area contributed by atoms with Crippen LogP contribution in [-0.2, 0) is 4.79 Å². The van der Waals surface area contributed by atoms with E-state index in [4.69, 9.17) is 5.11 Å². The average Bonchev–Trinajstić information content (AvgIpc) is 2.37. The van der Waals surface area contributed by atoms with Crippen LogP contribution in [0, 0.1) is 5.82 Å². The number of carboxylic acids is 1. The van der Waals surface area contributed by atoms with Gasteiger partial charge in [-0.05, 0) is 18.9 Å². The summed E-state index contributed by atoms with van der Waals surface area (Å²) in [5.41, 5.74) is -0.744. The van der Waals surface area contributed by atoms with Crippen LogP contribution in [0.15, 0.2) is 18.5 Å². The van der Waals surface area contributed by atoms with Gasteiger partial charge in [0.05, 0.1) is 23.7 Å². The van der Waals surface area contributed by atoms with Crippen molar-refractivity contribution in [2.75, 3.05) is 0 Å². The Labute approximate surface area is 110 Å². The van der Waals surface area contributed by atoms with E-state index < -0.39 is 23.2 Å². The second-order valence-corrected chi connectivity index (χ2v) is 4.40. The predicted octanol–water partition coefficient (Wildman–Crippen LogP) is 1.98. The number of carbonyl (C=O) groups excluding carboxylic acids is 1. The molecule has 1 heterocycles. The molecule has 1 aromatic rings. The normalized spacial score (nSPS) is 11.1. The Morgan fingerprint density at radius 3 is 2.47 bits per heavy atom. The van der Waals surface area contributed by atoms with Crippen LogP contribution < -0.4 is 5.32 Å². The molecule has 0 spiro atoms. The van der Waals surface area contributed by atoms with Crippen molar-refractivity contribution < 1.29 is 19.1 Å². The summed E-state index contributed by atoms with van der Waals surface area (Å²) in [7, 11) is 0. The van der Waals surface area contributed by atoms with E-state index in [1.807, 2.05) is 0 Å². The third-order valence-electron chi connectivity index (χ3n) is 3.19. The lowest BCUT2D eigenvalue weighted by Crippen LogP contribution is -2.49. The van der Waals surface area contributed by atoms with Gasteiger partial charge in [-0.2, -0.15) is 0 Å². The number of hydrogen-bond acceptors (Lipinski definition) is 3. The van der Waals surface area contributed by atoms with Gasteiger partial charge in [-0.25, -0.2) is 4.39 Å². The van der Waals surface area contributed by atoms with Gasteiger partial charge in [0.25, 0.3) is 5.91 Å². The SMILES string of the molecule is CCC(CC)(CC(=O)O)NC(=O)c1cncc(F)c1. The van der Waals surface area contributed by atoms with Crippen LogP contribution in [0.1, 0.15) is 43.5 Å². The van der Waals surface area contributed by atoms with Gasteiger partial charge in [0.2, 0.25) is 0 Å². The number of rotatable bonds is 6. The fourth-order valence-corrected chi connectivity index (χ4v) is 1.86. The first kappa shape index (κ1) is 15.1. The standard InChI is InChI=1S/C13H17FN2O3/c1-3-13(4-2,6-11(17)18)16-12(19)9-5-10(14)8-15-7-9/h5,7-8H,3-4,6H2,1-2H3,(H,16,19)(H,17,18). The molecule has 2 N–H and O–H groups in total. The quantitative estimate of drug-likeness (QED) is 0.826. The predicted molar refractivity (Wildman–Crippen MR) is 67.2 cm³/mol. The number of nitrogens with zero attached hydrogens (tertiary/aromatic N) is 1. The van der Waals surface area contributed by atoms with E-state index >= 15 is 0 Å². The van der Waals surface area contributed by atoms with Crippen molar-refractivity contribution in [1.29, 1.82) is 0 Å². The highest BCUT2D eigenvalue weighted by Crippen LogP contribution is 2.20. The van der Waals surface area contributed by atoms with E-state index in [2.05, 4.69) is 10.3 Å². The molecular formula is C13H17FN2O3. The summed E-state index contributed by atoms with van der Waals surface area (Å²) in [5.74, 6) is -2.11. The zero-order valence-electron chi connectivity index (χ0n) is 10.9. The maximum Gasteiger partial charge on any atom is 0.305 e. The first-order valence-electron chi connectivity index (χ1n) is 6.07. The highest BCUT2D eigenvalue weighted by molar-refractivity contribution is 5.94. The monoisotopic (exact) mass is 268 g/mol. The Morgan fingerprint density at radius 2 is 2.00 bits per heavy atom. The summed E-state index contributed by atoms with van der Waals surface area (Å²) < 4.78 is 13.0. The molecule has 1 rings (SSSR count). The fraction of sp³-hybridized carbons (Fsp3) is 0.462. The second-order valence-electron chi connectivity index (χ2n) is 4.40. The summed E-state index contributed by atoms with van der Waals surface area (Å²) in [6.07, 6.45) is 3.03. The average molecular weight is 268 g/mol. The van der Waals surface area contributed by atoms with Gasteiger partial charge in [-0.3, -0.25) is 14.6 Å². The number of aliphatic carboxylic acids is 1. The van der Waals surface area contributed by atoms with Crippen LogP contribution in [0.3, 0.4) is 0 Å². The maximum atomic E-state index is 13.0. The molecule has 0 aliphatic heterocycles. The van der Waals surface area contributed by atoms with E-state index in [0.717, 1.165) is 12.3 Å². The zero-order valence-corrected chi connectivity index (χ0v) is 10.9. The lowest BCUT2D eigenvalue weighted by atomic mass is 9.88. The number of aromatic nitrogens is 1. The maximum absolute atomic E-state index is 13.0. The van der Waals surface area contributed by atoms with E-state index in [-0.39, 0.29) is 12.0 Å². The van der Waals surface area contributed by atoms with Gasteiger partial charge < -0.3 is 10.4 Å². The van der Waals surface area contributed by atoms with Crippen LogP contribution in [-0.4, -0.2) is 27.5 Å². The molecule has 0 aliphatic rings. The van der Waals surface area contributed by atoms with Crippen LogP contribution in [0.25, 0.3) is 0 Å². The van der Waals surface area contributed by atoms with Crippen LogP contribution in [0.2, 0.25) is 0 Å². The highest BCUT2D eigenvalue weighted by Gasteiger charge is 2.31. The third-order valence-corrected chi connectivity index (χ3v) is 3.19. The molecule has 0 aromatic carbocycles. The number of nitrogens with one attached hydrogen (secondary N) is 1. The highest BCUT2D eigenvalue weighted by atomic mass is 19.1. The van der Waals surface area contributed by atoms with Crippen LogP contribution in [0.5, 0.6) is 0 Å². The van der Waals surface area contributed by atoms with E-state index in [1.54, 1.807) is 13.8 Å². The molecular weight excluding hydrogens is 251 g/mol. The van der Waals surface area contributed by atoms with Crippen molar-refractivity contribution in [3.05, 3.63) is 29.8 Å². The molecule has 1 amide bonds. The summed E-state index contributed by atoms with van der Waals surface area (Å²) in [6.45, 7) is 3.60. The van der Waals surface area contributed by atoms with Gasteiger partial charge in [-0.1, -0.05) is 13.8 Å². The van der Waals surface area contributed by atoms with Gasteiger partial charge in [-0.15, -0.1) is 0 Å². The molecule has 0 saturated heterocycles. The summed E-state index contributed by atoms with van der Waals surface area (Å²) in [6, 6.07) is 1.07. The number of carboxylic acid groups (broad SMARTS) is 1. The molecule has 0 unspecified atom stereocenters. The Balaban J connectivity index is 2.90. The molecule has 0 radical (unpaired) electrons. The van der Waals surface area contributed by atoms with Crippen molar-refractivity contribution in [2.45, 2.75) is 38.6 Å². The fourth-order valence-electron chi connectivity index (χ4n) is 1.86. The van der Waals surface area contributed by atoms with Crippen molar-refractivity contribution in [2.24, 2.45) is 0 Å². The summed E-state index contributed by atoms with van der Waals surface area (Å²) in [4.78, 5) is 26.5. The van der Waals surface area contributed by atoms with Gasteiger partial charge in [0.15, 0.2) is 0 Å². The lowest BCUT2D eigenvalue weighted by Gasteiger charge is -2.31. The Kier molecular flexibility index (Phi) is 4.97. The van der Waals surface area contributed by atoms with E-state index in [9.17, 15) is 14.0 Å². The van der Waals surface area contributed by atoms with Crippen molar-refractivity contribution in [1.82, 2.24) is 10.3 Å². The van der Waals surface area contributed by atoms with Gasteiger partial charge in [0.1, 0.15) is 5.82 Å². The van der Waals surface area contributed by atoms with Gasteiger partial charge >= 0.3 is 5.97 Å². The first-order chi connectivity index (χ1) is 8.92. The molecule has 1 aromatic heterocycles. The number of pyridine rings is 1. The minimum Gasteiger partial charge on any atom is -0.481 e. The van der Waals surface area contributed by atoms with Crippen molar-refractivity contribution in [3.8, 4) is 0 Å². The first-order valence-corrected chi connectivity index (χ1v) is 6.07. The molecule has 0 atom stereocenters.